The highest BCUT2D eigenvalue weighted by Crippen LogP contribution is 2.32. The molecular formula is C19H25N3O2. The summed E-state index contributed by atoms with van der Waals surface area (Å²) < 4.78 is 0. The number of aromatic nitrogens is 1. The van der Waals surface area contributed by atoms with Crippen molar-refractivity contribution in [3.05, 3.63) is 42.1 Å². The highest BCUT2D eigenvalue weighted by Gasteiger charge is 2.30. The SMILES string of the molecule is CN(CC(=O)NCCc1cccc2cccnc12)CC(O)C1CC1. The Bertz CT molecular complexity index is 695. The van der Waals surface area contributed by atoms with Crippen LogP contribution in [0.3, 0.4) is 0 Å². The van der Waals surface area contributed by atoms with E-state index in [2.05, 4.69) is 16.4 Å². The van der Waals surface area contributed by atoms with Gasteiger partial charge in [-0.15, -0.1) is 0 Å². The molecule has 24 heavy (non-hydrogen) atoms. The lowest BCUT2D eigenvalue weighted by atomic mass is 10.1. The zero-order chi connectivity index (χ0) is 16.9. The molecule has 1 aliphatic rings. The van der Waals surface area contributed by atoms with E-state index in [1.54, 1.807) is 6.20 Å². The van der Waals surface area contributed by atoms with E-state index in [0.717, 1.165) is 35.7 Å². The van der Waals surface area contributed by atoms with Crippen molar-refractivity contribution < 1.29 is 9.90 Å². The second-order valence-electron chi connectivity index (χ2n) is 6.69. The second kappa shape index (κ2) is 7.73. The summed E-state index contributed by atoms with van der Waals surface area (Å²) in [7, 11) is 1.87. The highest BCUT2D eigenvalue weighted by atomic mass is 16.3. The minimum absolute atomic E-state index is 0.00584. The molecule has 2 aromatic rings. The maximum atomic E-state index is 12.0. The third-order valence-corrected chi connectivity index (χ3v) is 4.51. The van der Waals surface area contributed by atoms with Crippen LogP contribution in [0.2, 0.25) is 0 Å². The summed E-state index contributed by atoms with van der Waals surface area (Å²) in [6, 6.07) is 10.1. The first kappa shape index (κ1) is 16.9. The van der Waals surface area contributed by atoms with Gasteiger partial charge in [-0.25, -0.2) is 0 Å². The number of likely N-dealkylation sites (N-methyl/N-ethyl adjacent to an activating group) is 1. The van der Waals surface area contributed by atoms with E-state index in [0.29, 0.717) is 25.6 Å². The highest BCUT2D eigenvalue weighted by molar-refractivity contribution is 5.81. The number of benzene rings is 1. The van der Waals surface area contributed by atoms with Crippen LogP contribution in [0.25, 0.3) is 10.9 Å². The van der Waals surface area contributed by atoms with Gasteiger partial charge in [0.2, 0.25) is 5.91 Å². The molecule has 3 rings (SSSR count). The molecule has 2 N–H and O–H groups in total. The van der Waals surface area contributed by atoms with Gasteiger partial charge in [-0.3, -0.25) is 14.7 Å². The minimum atomic E-state index is -0.301. The van der Waals surface area contributed by atoms with E-state index in [4.69, 9.17) is 0 Å². The first-order valence-corrected chi connectivity index (χ1v) is 8.59. The largest absolute Gasteiger partial charge is 0.392 e. The zero-order valence-electron chi connectivity index (χ0n) is 14.1. The molecule has 0 bridgehead atoms. The number of amides is 1. The summed E-state index contributed by atoms with van der Waals surface area (Å²) in [5.41, 5.74) is 2.14. The lowest BCUT2D eigenvalue weighted by Crippen LogP contribution is -2.39. The van der Waals surface area contributed by atoms with Crippen molar-refractivity contribution in [1.29, 1.82) is 0 Å². The van der Waals surface area contributed by atoms with Crippen LogP contribution in [-0.2, 0) is 11.2 Å². The summed E-state index contributed by atoms with van der Waals surface area (Å²) in [5, 5.41) is 14.0. The summed E-state index contributed by atoms with van der Waals surface area (Å²) in [4.78, 5) is 18.3. The van der Waals surface area contributed by atoms with Crippen LogP contribution in [0.15, 0.2) is 36.5 Å². The predicted molar refractivity (Wildman–Crippen MR) is 94.7 cm³/mol. The number of fused-ring (bicyclic) bond motifs is 1. The molecule has 1 unspecified atom stereocenters. The van der Waals surface area contributed by atoms with Gasteiger partial charge < -0.3 is 10.4 Å². The van der Waals surface area contributed by atoms with Crippen molar-refractivity contribution in [3.63, 3.8) is 0 Å². The average Bonchev–Trinajstić information content (AvgIpc) is 3.40. The molecule has 1 fully saturated rings. The maximum Gasteiger partial charge on any atom is 0.234 e. The third-order valence-electron chi connectivity index (χ3n) is 4.51. The monoisotopic (exact) mass is 327 g/mol. The number of para-hydroxylation sites is 1. The van der Waals surface area contributed by atoms with Crippen molar-refractivity contribution >= 4 is 16.8 Å². The first-order chi connectivity index (χ1) is 11.6. The van der Waals surface area contributed by atoms with Crippen LogP contribution in [0.5, 0.6) is 0 Å². The van der Waals surface area contributed by atoms with Crippen LogP contribution >= 0.6 is 0 Å². The molecule has 0 radical (unpaired) electrons. The first-order valence-electron chi connectivity index (χ1n) is 8.59. The van der Waals surface area contributed by atoms with Crippen LogP contribution in [-0.4, -0.2) is 53.7 Å². The van der Waals surface area contributed by atoms with E-state index < -0.39 is 0 Å². The predicted octanol–water partition coefficient (Wildman–Crippen LogP) is 1.60. The Morgan fingerprint density at radius 2 is 2.17 bits per heavy atom. The topological polar surface area (TPSA) is 65.5 Å². The maximum absolute atomic E-state index is 12.0. The number of rotatable bonds is 8. The van der Waals surface area contributed by atoms with Gasteiger partial charge in [0.1, 0.15) is 0 Å². The van der Waals surface area contributed by atoms with Crippen molar-refractivity contribution in [3.8, 4) is 0 Å². The van der Waals surface area contributed by atoms with E-state index in [-0.39, 0.29) is 12.0 Å². The molecule has 1 saturated carbocycles. The van der Waals surface area contributed by atoms with Crippen molar-refractivity contribution in [2.75, 3.05) is 26.7 Å². The number of carbonyl (C=O) groups is 1. The van der Waals surface area contributed by atoms with Gasteiger partial charge in [-0.1, -0.05) is 24.3 Å². The lowest BCUT2D eigenvalue weighted by molar-refractivity contribution is -0.122. The van der Waals surface area contributed by atoms with Gasteiger partial charge in [0.25, 0.3) is 0 Å². The Labute approximate surface area is 142 Å². The molecule has 5 heteroatoms. The molecular weight excluding hydrogens is 302 g/mol. The van der Waals surface area contributed by atoms with Crippen LogP contribution < -0.4 is 5.32 Å². The fraction of sp³-hybridized carbons (Fsp3) is 0.474. The quantitative estimate of drug-likeness (QED) is 0.773. The molecule has 1 amide bonds. The summed E-state index contributed by atoms with van der Waals surface area (Å²) in [6.45, 7) is 1.47. The molecule has 0 aliphatic heterocycles. The van der Waals surface area contributed by atoms with Gasteiger partial charge in [0.15, 0.2) is 0 Å². The number of aliphatic hydroxyl groups excluding tert-OH is 1. The Morgan fingerprint density at radius 3 is 2.96 bits per heavy atom. The number of carbonyl (C=O) groups excluding carboxylic acids is 1. The summed E-state index contributed by atoms with van der Waals surface area (Å²) >= 11 is 0. The molecule has 1 aromatic carbocycles. The number of nitrogens with one attached hydrogen (secondary N) is 1. The number of hydrogen-bond acceptors (Lipinski definition) is 4. The van der Waals surface area contributed by atoms with E-state index in [1.807, 2.05) is 36.2 Å². The summed E-state index contributed by atoms with van der Waals surface area (Å²) in [5.74, 6) is 0.433. The van der Waals surface area contributed by atoms with Gasteiger partial charge >= 0.3 is 0 Å². The number of aliphatic hydroxyl groups is 1. The molecule has 5 nitrogen and oxygen atoms in total. The van der Waals surface area contributed by atoms with E-state index >= 15 is 0 Å². The van der Waals surface area contributed by atoms with E-state index in [9.17, 15) is 9.90 Å². The smallest absolute Gasteiger partial charge is 0.234 e. The fourth-order valence-electron chi connectivity index (χ4n) is 3.02. The summed E-state index contributed by atoms with van der Waals surface area (Å²) in [6.07, 6.45) is 4.48. The Balaban J connectivity index is 1.44. The van der Waals surface area contributed by atoms with Crippen LogP contribution in [0.4, 0.5) is 0 Å². The molecule has 1 aromatic heterocycles. The Kier molecular flexibility index (Phi) is 5.43. The molecule has 1 aliphatic carbocycles. The Morgan fingerprint density at radius 1 is 1.38 bits per heavy atom. The van der Waals surface area contributed by atoms with Crippen molar-refractivity contribution in [2.45, 2.75) is 25.4 Å². The van der Waals surface area contributed by atoms with Crippen LogP contribution in [0.1, 0.15) is 18.4 Å². The normalized spacial score (nSPS) is 15.6. The van der Waals surface area contributed by atoms with Crippen molar-refractivity contribution in [1.82, 2.24) is 15.2 Å². The molecule has 0 saturated heterocycles. The molecule has 0 spiro atoms. The number of nitrogens with zero attached hydrogens (tertiary/aromatic N) is 2. The third kappa shape index (κ3) is 4.52. The zero-order valence-corrected chi connectivity index (χ0v) is 14.1. The van der Waals surface area contributed by atoms with Gasteiger partial charge in [0, 0.05) is 24.7 Å². The fourth-order valence-corrected chi connectivity index (χ4v) is 3.02. The molecule has 128 valence electrons. The minimum Gasteiger partial charge on any atom is -0.392 e. The number of hydrogen-bond donors (Lipinski definition) is 2. The van der Waals surface area contributed by atoms with Crippen LogP contribution in [0, 0.1) is 5.92 Å². The molecule has 1 atom stereocenters. The van der Waals surface area contributed by atoms with E-state index in [1.165, 1.54) is 0 Å². The van der Waals surface area contributed by atoms with Gasteiger partial charge in [-0.2, -0.15) is 0 Å². The average molecular weight is 327 g/mol. The number of pyridine rings is 1. The van der Waals surface area contributed by atoms with Gasteiger partial charge in [0.05, 0.1) is 18.2 Å². The second-order valence-corrected chi connectivity index (χ2v) is 6.69. The Hall–Kier alpha value is -1.98. The van der Waals surface area contributed by atoms with Crippen molar-refractivity contribution in [2.24, 2.45) is 5.92 Å². The molecule has 1 heterocycles. The standard InChI is InChI=1S/C19H25N3O2/c1-22(12-17(23)14-7-8-14)13-18(24)20-11-9-16-5-2-4-15-6-3-10-21-19(15)16/h2-6,10,14,17,23H,7-9,11-13H2,1H3,(H,20,24). The lowest BCUT2D eigenvalue weighted by Gasteiger charge is -2.19. The van der Waals surface area contributed by atoms with Gasteiger partial charge in [-0.05, 0) is 43.9 Å².